The molecule has 0 aliphatic carbocycles. The maximum atomic E-state index is 11.4. The first-order valence-electron chi connectivity index (χ1n) is 11.7. The van der Waals surface area contributed by atoms with Crippen LogP contribution in [0.25, 0.3) is 0 Å². The number of carbonyl (C=O) groups excluding carboxylic acids is 4. The molecule has 0 aromatic rings. The zero-order valence-electron chi connectivity index (χ0n) is 21.9. The number of ether oxygens (including phenoxy) is 4. The summed E-state index contributed by atoms with van der Waals surface area (Å²) < 4.78 is 19.8. The van der Waals surface area contributed by atoms with E-state index in [2.05, 4.69) is 25.3 Å². The molecule has 0 heterocycles. The molecule has 0 fully saturated rings. The summed E-state index contributed by atoms with van der Waals surface area (Å²) in [5.41, 5.74) is 0. The van der Waals surface area contributed by atoms with Gasteiger partial charge in [-0.2, -0.15) is 25.3 Å². The first-order valence-corrected chi connectivity index (χ1v) is 12.7. The van der Waals surface area contributed by atoms with Gasteiger partial charge in [-0.15, -0.1) is 0 Å². The molecule has 0 saturated carbocycles. The Morgan fingerprint density at radius 2 is 0.735 bits per heavy atom. The van der Waals surface area contributed by atoms with Crippen LogP contribution in [0.3, 0.4) is 0 Å². The maximum absolute atomic E-state index is 11.4. The van der Waals surface area contributed by atoms with Gasteiger partial charge >= 0.3 is 23.9 Å². The Morgan fingerprint density at radius 3 is 0.971 bits per heavy atom. The number of esters is 4. The van der Waals surface area contributed by atoms with Crippen molar-refractivity contribution in [3.8, 4) is 0 Å². The van der Waals surface area contributed by atoms with Crippen molar-refractivity contribution in [3.63, 3.8) is 0 Å². The van der Waals surface area contributed by atoms with E-state index in [0.717, 1.165) is 0 Å². The second-order valence-electron chi connectivity index (χ2n) is 9.64. The SMILES string of the molecule is CC(C)COC(=O)CC(S)C(=O)OCC(C)C.CC(C)COC(=O)CC(S)C(=O)OCC(C)C. The second-order valence-corrected chi connectivity index (χ2v) is 10.9. The fraction of sp³-hybridized carbons (Fsp3) is 0.833. The molecule has 0 aromatic carbocycles. The molecular formula is C24H44O8S2. The minimum absolute atomic E-state index is 0.0488. The normalized spacial score (nSPS) is 12.6. The topological polar surface area (TPSA) is 105 Å². The second kappa shape index (κ2) is 19.8. The first-order chi connectivity index (χ1) is 15.6. The average molecular weight is 525 g/mol. The molecule has 2 atom stereocenters. The summed E-state index contributed by atoms with van der Waals surface area (Å²) in [5.74, 6) is -0.664. The molecule has 2 unspecified atom stereocenters. The molecule has 0 aliphatic rings. The van der Waals surface area contributed by atoms with E-state index in [9.17, 15) is 19.2 Å². The van der Waals surface area contributed by atoms with E-state index >= 15 is 0 Å². The van der Waals surface area contributed by atoms with E-state index in [1.807, 2.05) is 55.4 Å². The van der Waals surface area contributed by atoms with Crippen LogP contribution in [0.4, 0.5) is 0 Å². The highest BCUT2D eigenvalue weighted by atomic mass is 32.1. The van der Waals surface area contributed by atoms with Crippen molar-refractivity contribution in [1.29, 1.82) is 0 Å². The highest BCUT2D eigenvalue weighted by molar-refractivity contribution is 7.82. The quantitative estimate of drug-likeness (QED) is 0.198. The minimum atomic E-state index is -0.742. The molecule has 0 bridgehead atoms. The van der Waals surface area contributed by atoms with E-state index < -0.39 is 34.4 Å². The molecule has 0 spiro atoms. The Labute approximate surface area is 216 Å². The van der Waals surface area contributed by atoms with Gasteiger partial charge in [0, 0.05) is 0 Å². The van der Waals surface area contributed by atoms with E-state index in [4.69, 9.17) is 18.9 Å². The Morgan fingerprint density at radius 1 is 0.500 bits per heavy atom. The lowest BCUT2D eigenvalue weighted by Crippen LogP contribution is -2.24. The van der Waals surface area contributed by atoms with Crippen molar-refractivity contribution in [1.82, 2.24) is 0 Å². The predicted molar refractivity (Wildman–Crippen MR) is 138 cm³/mol. The van der Waals surface area contributed by atoms with E-state index in [0.29, 0.717) is 26.4 Å². The van der Waals surface area contributed by atoms with Crippen LogP contribution in [0, 0.1) is 23.7 Å². The Hall–Kier alpha value is -1.42. The van der Waals surface area contributed by atoms with Gasteiger partial charge in [0.05, 0.1) is 39.3 Å². The van der Waals surface area contributed by atoms with E-state index in [1.54, 1.807) is 0 Å². The van der Waals surface area contributed by atoms with E-state index in [-0.39, 0.29) is 36.5 Å². The monoisotopic (exact) mass is 524 g/mol. The molecule has 0 saturated heterocycles. The Kier molecular flexibility index (Phi) is 20.3. The van der Waals surface area contributed by atoms with Crippen LogP contribution in [-0.4, -0.2) is 60.8 Å². The zero-order chi connectivity index (χ0) is 26.8. The third-order valence-corrected chi connectivity index (χ3v) is 4.32. The van der Waals surface area contributed by atoms with Crippen molar-refractivity contribution >= 4 is 49.1 Å². The Balaban J connectivity index is 0. The van der Waals surface area contributed by atoms with Crippen molar-refractivity contribution in [2.75, 3.05) is 26.4 Å². The van der Waals surface area contributed by atoms with Crippen molar-refractivity contribution in [3.05, 3.63) is 0 Å². The van der Waals surface area contributed by atoms with Crippen LogP contribution < -0.4 is 0 Å². The van der Waals surface area contributed by atoms with Gasteiger partial charge in [-0.25, -0.2) is 0 Å². The van der Waals surface area contributed by atoms with Crippen molar-refractivity contribution in [2.24, 2.45) is 23.7 Å². The summed E-state index contributed by atoms with van der Waals surface area (Å²) in [7, 11) is 0. The summed E-state index contributed by atoms with van der Waals surface area (Å²) in [5, 5.41) is -1.48. The van der Waals surface area contributed by atoms with Crippen molar-refractivity contribution < 1.29 is 38.1 Å². The van der Waals surface area contributed by atoms with Gasteiger partial charge in [-0.05, 0) is 23.7 Å². The predicted octanol–water partition coefficient (Wildman–Crippen LogP) is 4.15. The van der Waals surface area contributed by atoms with Gasteiger partial charge in [0.15, 0.2) is 0 Å². The van der Waals surface area contributed by atoms with Gasteiger partial charge in [0.2, 0.25) is 0 Å². The maximum Gasteiger partial charge on any atom is 0.319 e. The van der Waals surface area contributed by atoms with Crippen LogP contribution in [-0.2, 0) is 38.1 Å². The average Bonchev–Trinajstić information content (AvgIpc) is 2.72. The van der Waals surface area contributed by atoms with Gasteiger partial charge in [-0.1, -0.05) is 55.4 Å². The summed E-state index contributed by atoms with van der Waals surface area (Å²) in [6.45, 7) is 17.0. The fourth-order valence-electron chi connectivity index (χ4n) is 1.81. The molecular weight excluding hydrogens is 480 g/mol. The van der Waals surface area contributed by atoms with Gasteiger partial charge in [0.25, 0.3) is 0 Å². The molecule has 10 heteroatoms. The van der Waals surface area contributed by atoms with Gasteiger partial charge < -0.3 is 18.9 Å². The number of rotatable bonds is 14. The van der Waals surface area contributed by atoms with Crippen LogP contribution in [0.15, 0.2) is 0 Å². The number of hydrogen-bond acceptors (Lipinski definition) is 10. The zero-order valence-corrected chi connectivity index (χ0v) is 23.7. The molecule has 0 rings (SSSR count). The third-order valence-electron chi connectivity index (χ3n) is 3.54. The molecule has 34 heavy (non-hydrogen) atoms. The Bertz CT molecular complexity index is 554. The van der Waals surface area contributed by atoms with E-state index in [1.165, 1.54) is 0 Å². The van der Waals surface area contributed by atoms with Crippen LogP contribution in [0.1, 0.15) is 68.2 Å². The lowest BCUT2D eigenvalue weighted by atomic mass is 10.2. The van der Waals surface area contributed by atoms with Gasteiger partial charge in [-0.3, -0.25) is 19.2 Å². The summed E-state index contributed by atoms with van der Waals surface area (Å²) in [6, 6.07) is 0. The smallest absolute Gasteiger partial charge is 0.319 e. The molecule has 8 nitrogen and oxygen atoms in total. The van der Waals surface area contributed by atoms with Crippen LogP contribution in [0.5, 0.6) is 0 Å². The third kappa shape index (κ3) is 22.4. The van der Waals surface area contributed by atoms with Crippen LogP contribution in [0.2, 0.25) is 0 Å². The highest BCUT2D eigenvalue weighted by Crippen LogP contribution is 2.09. The highest BCUT2D eigenvalue weighted by Gasteiger charge is 2.21. The summed E-state index contributed by atoms with van der Waals surface area (Å²) >= 11 is 8.07. The molecule has 0 N–H and O–H groups in total. The fourth-order valence-corrected chi connectivity index (χ4v) is 2.26. The summed E-state index contributed by atoms with van der Waals surface area (Å²) in [6.07, 6.45) is -0.0977. The molecule has 0 aromatic heterocycles. The molecule has 0 radical (unpaired) electrons. The lowest BCUT2D eigenvalue weighted by molar-refractivity contribution is -0.150. The largest absolute Gasteiger partial charge is 0.465 e. The minimum Gasteiger partial charge on any atom is -0.465 e. The molecule has 0 aliphatic heterocycles. The van der Waals surface area contributed by atoms with Gasteiger partial charge in [0.1, 0.15) is 10.5 Å². The van der Waals surface area contributed by atoms with Crippen LogP contribution >= 0.6 is 25.3 Å². The summed E-state index contributed by atoms with van der Waals surface area (Å²) in [4.78, 5) is 45.5. The standard InChI is InChI=1S/2C12H22O4S/c2*1-8(2)6-15-11(13)5-10(17)12(14)16-7-9(3)4/h2*8-10,17H,5-7H2,1-4H3. The molecule has 0 amide bonds. The van der Waals surface area contributed by atoms with Crippen molar-refractivity contribution in [2.45, 2.75) is 78.7 Å². The number of hydrogen-bond donors (Lipinski definition) is 2. The number of thiol groups is 2. The number of carbonyl (C=O) groups is 4. The first kappa shape index (κ1) is 34.7. The molecule has 200 valence electrons. The lowest BCUT2D eigenvalue weighted by Gasteiger charge is -2.12.